The molecule has 0 aromatic heterocycles. The fraction of sp³-hybridized carbons (Fsp3) is 0.500. The van der Waals surface area contributed by atoms with Crippen LogP contribution >= 0.6 is 0 Å². The van der Waals surface area contributed by atoms with Crippen LogP contribution in [0, 0.1) is 5.92 Å². The maximum Gasteiger partial charge on any atom is 0.313 e. The van der Waals surface area contributed by atoms with Crippen molar-refractivity contribution >= 4 is 17.5 Å². The third-order valence-electron chi connectivity index (χ3n) is 3.09. The highest BCUT2D eigenvalue weighted by molar-refractivity contribution is 6.39. The van der Waals surface area contributed by atoms with Gasteiger partial charge in [-0.25, -0.2) is 0 Å². The molecule has 116 valence electrons. The Balaban J connectivity index is 2.50. The normalized spacial score (nSPS) is 12.0. The Morgan fingerprint density at radius 1 is 1.19 bits per heavy atom. The summed E-state index contributed by atoms with van der Waals surface area (Å²) < 4.78 is 0. The minimum atomic E-state index is -0.733. The van der Waals surface area contributed by atoms with Crippen molar-refractivity contribution in [1.82, 2.24) is 5.32 Å². The number of hydrogen-bond acceptors (Lipinski definition) is 3. The molecule has 0 saturated heterocycles. The first-order valence-electron chi connectivity index (χ1n) is 7.29. The molecule has 3 N–H and O–H groups in total. The second-order valence-corrected chi connectivity index (χ2v) is 5.46. The Morgan fingerprint density at radius 3 is 2.48 bits per heavy atom. The molecule has 0 radical (unpaired) electrons. The molecule has 0 bridgehead atoms. The summed E-state index contributed by atoms with van der Waals surface area (Å²) in [6.07, 6.45) is 0.718. The molecule has 5 heteroatoms. The Bertz CT molecular complexity index is 486. The van der Waals surface area contributed by atoms with Crippen LogP contribution < -0.4 is 10.6 Å². The minimum absolute atomic E-state index is 0.0832. The van der Waals surface area contributed by atoms with Crippen molar-refractivity contribution < 1.29 is 14.7 Å². The van der Waals surface area contributed by atoms with Crippen LogP contribution in [-0.4, -0.2) is 29.6 Å². The highest BCUT2D eigenvalue weighted by Crippen LogP contribution is 2.15. The summed E-state index contributed by atoms with van der Waals surface area (Å²) in [5.41, 5.74) is 1.61. The van der Waals surface area contributed by atoms with Crippen molar-refractivity contribution in [3.8, 4) is 0 Å². The molecule has 0 aliphatic carbocycles. The van der Waals surface area contributed by atoms with E-state index >= 15 is 0 Å². The zero-order chi connectivity index (χ0) is 15.8. The van der Waals surface area contributed by atoms with Crippen LogP contribution in [0.4, 0.5) is 5.69 Å². The first-order valence-corrected chi connectivity index (χ1v) is 7.29. The van der Waals surface area contributed by atoms with Crippen molar-refractivity contribution in [2.45, 2.75) is 39.7 Å². The van der Waals surface area contributed by atoms with Gasteiger partial charge in [-0.05, 0) is 30.4 Å². The lowest BCUT2D eigenvalue weighted by Gasteiger charge is -2.14. The third kappa shape index (κ3) is 5.95. The van der Waals surface area contributed by atoms with Gasteiger partial charge in [0.05, 0.1) is 6.10 Å². The molecule has 21 heavy (non-hydrogen) atoms. The van der Waals surface area contributed by atoms with E-state index in [0.29, 0.717) is 18.0 Å². The van der Waals surface area contributed by atoms with Crippen LogP contribution in [0.1, 0.15) is 32.8 Å². The molecule has 0 fully saturated rings. The topological polar surface area (TPSA) is 78.4 Å². The highest BCUT2D eigenvalue weighted by atomic mass is 16.3. The Kier molecular flexibility index (Phi) is 6.88. The summed E-state index contributed by atoms with van der Waals surface area (Å²) in [4.78, 5) is 23.5. The molecule has 0 spiro atoms. The predicted molar refractivity (Wildman–Crippen MR) is 82.9 cm³/mol. The van der Waals surface area contributed by atoms with E-state index in [2.05, 4.69) is 10.6 Å². The van der Waals surface area contributed by atoms with Crippen molar-refractivity contribution in [1.29, 1.82) is 0 Å². The molecule has 0 saturated carbocycles. The van der Waals surface area contributed by atoms with Gasteiger partial charge in [0.25, 0.3) is 0 Å². The largest absolute Gasteiger partial charge is 0.391 e. The van der Waals surface area contributed by atoms with Crippen LogP contribution in [0.2, 0.25) is 0 Å². The number of carbonyl (C=O) groups excluding carboxylic acids is 2. The average Bonchev–Trinajstić information content (AvgIpc) is 2.44. The van der Waals surface area contributed by atoms with Gasteiger partial charge >= 0.3 is 11.8 Å². The number of para-hydroxylation sites is 1. The number of carbonyl (C=O) groups is 2. The number of aliphatic hydroxyl groups excluding tert-OH is 1. The van der Waals surface area contributed by atoms with Gasteiger partial charge in [-0.15, -0.1) is 0 Å². The SMILES string of the molecule is CCc1ccccc1NC(=O)C(=O)NCC(O)CC(C)C. The molecular weight excluding hydrogens is 268 g/mol. The van der Waals surface area contributed by atoms with Crippen molar-refractivity contribution in [3.63, 3.8) is 0 Å². The Hall–Kier alpha value is -1.88. The molecule has 1 aromatic rings. The quantitative estimate of drug-likeness (QED) is 0.698. The van der Waals surface area contributed by atoms with Crippen LogP contribution in [0.3, 0.4) is 0 Å². The number of rotatable bonds is 6. The average molecular weight is 292 g/mol. The molecule has 1 atom stereocenters. The van der Waals surface area contributed by atoms with E-state index in [4.69, 9.17) is 0 Å². The smallest absolute Gasteiger partial charge is 0.313 e. The zero-order valence-electron chi connectivity index (χ0n) is 12.8. The number of benzene rings is 1. The van der Waals surface area contributed by atoms with E-state index in [9.17, 15) is 14.7 Å². The number of hydrogen-bond donors (Lipinski definition) is 3. The lowest BCUT2D eigenvalue weighted by atomic mass is 10.1. The van der Waals surface area contributed by atoms with Gasteiger partial charge in [-0.2, -0.15) is 0 Å². The molecule has 0 aliphatic rings. The highest BCUT2D eigenvalue weighted by Gasteiger charge is 2.16. The molecule has 0 aliphatic heterocycles. The summed E-state index contributed by atoms with van der Waals surface area (Å²) in [6.45, 7) is 6.03. The number of amides is 2. The van der Waals surface area contributed by atoms with Gasteiger partial charge in [0.15, 0.2) is 0 Å². The monoisotopic (exact) mass is 292 g/mol. The van der Waals surface area contributed by atoms with Gasteiger partial charge in [-0.3, -0.25) is 9.59 Å². The first kappa shape index (κ1) is 17.2. The molecular formula is C16H24N2O3. The molecule has 1 aromatic carbocycles. The van der Waals surface area contributed by atoms with E-state index in [-0.39, 0.29) is 6.54 Å². The molecule has 1 unspecified atom stereocenters. The maximum atomic E-state index is 11.8. The van der Waals surface area contributed by atoms with Crippen LogP contribution in [0.15, 0.2) is 24.3 Å². The van der Waals surface area contributed by atoms with Crippen molar-refractivity contribution in [3.05, 3.63) is 29.8 Å². The molecule has 1 rings (SSSR count). The van der Waals surface area contributed by atoms with Gasteiger partial charge < -0.3 is 15.7 Å². The summed E-state index contributed by atoms with van der Waals surface area (Å²) in [5.74, 6) is -1.11. The van der Waals surface area contributed by atoms with Crippen LogP contribution in [0.5, 0.6) is 0 Å². The lowest BCUT2D eigenvalue weighted by molar-refractivity contribution is -0.136. The number of aryl methyl sites for hydroxylation is 1. The van der Waals surface area contributed by atoms with E-state index in [1.54, 1.807) is 12.1 Å². The number of anilines is 1. The van der Waals surface area contributed by atoms with Crippen molar-refractivity contribution in [2.75, 3.05) is 11.9 Å². The van der Waals surface area contributed by atoms with Gasteiger partial charge in [0, 0.05) is 12.2 Å². The fourth-order valence-corrected chi connectivity index (χ4v) is 2.05. The molecule has 0 heterocycles. The molecule has 2 amide bonds. The Morgan fingerprint density at radius 2 is 1.86 bits per heavy atom. The first-order chi connectivity index (χ1) is 9.93. The molecule has 5 nitrogen and oxygen atoms in total. The van der Waals surface area contributed by atoms with Crippen molar-refractivity contribution in [2.24, 2.45) is 5.92 Å². The lowest BCUT2D eigenvalue weighted by Crippen LogP contribution is -2.40. The standard InChI is InChI=1S/C16H24N2O3/c1-4-12-7-5-6-8-14(12)18-16(21)15(20)17-10-13(19)9-11(2)3/h5-8,11,13,19H,4,9-10H2,1-3H3,(H,17,20)(H,18,21). The summed E-state index contributed by atoms with van der Waals surface area (Å²) in [5, 5.41) is 14.7. The fourth-order valence-electron chi connectivity index (χ4n) is 2.05. The number of nitrogens with one attached hydrogen (secondary N) is 2. The van der Waals surface area contributed by atoms with E-state index in [0.717, 1.165) is 12.0 Å². The summed E-state index contributed by atoms with van der Waals surface area (Å²) >= 11 is 0. The number of aliphatic hydroxyl groups is 1. The maximum absolute atomic E-state index is 11.8. The van der Waals surface area contributed by atoms with Gasteiger partial charge in [-0.1, -0.05) is 39.0 Å². The van der Waals surface area contributed by atoms with Gasteiger partial charge in [0.1, 0.15) is 0 Å². The van der Waals surface area contributed by atoms with Gasteiger partial charge in [0.2, 0.25) is 0 Å². The predicted octanol–water partition coefficient (Wildman–Crippen LogP) is 1.71. The second-order valence-electron chi connectivity index (χ2n) is 5.46. The zero-order valence-corrected chi connectivity index (χ0v) is 12.8. The minimum Gasteiger partial charge on any atom is -0.391 e. The van der Waals surface area contributed by atoms with E-state index < -0.39 is 17.9 Å². The summed E-state index contributed by atoms with van der Waals surface area (Å²) in [6, 6.07) is 7.35. The summed E-state index contributed by atoms with van der Waals surface area (Å²) in [7, 11) is 0. The van der Waals surface area contributed by atoms with E-state index in [1.165, 1.54) is 0 Å². The Labute approximate surface area is 125 Å². The third-order valence-corrected chi connectivity index (χ3v) is 3.09. The van der Waals surface area contributed by atoms with E-state index in [1.807, 2.05) is 32.9 Å². The second kappa shape index (κ2) is 8.42. The van der Waals surface area contributed by atoms with Crippen LogP contribution in [0.25, 0.3) is 0 Å². The van der Waals surface area contributed by atoms with Crippen LogP contribution in [-0.2, 0) is 16.0 Å².